The van der Waals surface area contributed by atoms with E-state index in [1.807, 2.05) is 13.0 Å². The van der Waals surface area contributed by atoms with Gasteiger partial charge in [0.05, 0.1) is 17.6 Å². The fraction of sp³-hybridized carbons (Fsp3) is 0.400. The predicted molar refractivity (Wildman–Crippen MR) is 85.5 cm³/mol. The average molecular weight is 353 g/mol. The maximum Gasteiger partial charge on any atom is 0.133 e. The zero-order valence-corrected chi connectivity index (χ0v) is 13.9. The van der Waals surface area contributed by atoms with Gasteiger partial charge in [0.25, 0.3) is 0 Å². The number of hydrogen-bond donors (Lipinski definition) is 1. The monoisotopic (exact) mass is 352 g/mol. The van der Waals surface area contributed by atoms with Crippen LogP contribution in [0.15, 0.2) is 28.1 Å². The normalized spacial score (nSPS) is 16.1. The second kappa shape index (κ2) is 5.84. The lowest BCUT2D eigenvalue weighted by molar-refractivity contribution is 0.411. The summed E-state index contributed by atoms with van der Waals surface area (Å²) in [5, 5.41) is 6.93. The standard InChI is InChI=1S/C15H17BrN2OS/c1-9-8-20-15(17-9)14(18-11-4-5-11)10-3-6-13(19-2)12(16)7-10/h3,6-8,11,14,18H,4-5H2,1-2H3. The van der Waals surface area contributed by atoms with Gasteiger partial charge in [-0.25, -0.2) is 4.98 Å². The Morgan fingerprint density at radius 2 is 2.25 bits per heavy atom. The van der Waals surface area contributed by atoms with Crippen molar-refractivity contribution in [3.63, 3.8) is 0 Å². The zero-order chi connectivity index (χ0) is 14.1. The number of nitrogens with zero attached hydrogens (tertiary/aromatic N) is 1. The van der Waals surface area contributed by atoms with Crippen LogP contribution in [0.3, 0.4) is 0 Å². The Labute approximate surface area is 131 Å². The number of rotatable bonds is 5. The highest BCUT2D eigenvalue weighted by Gasteiger charge is 2.28. The summed E-state index contributed by atoms with van der Waals surface area (Å²) in [4.78, 5) is 4.65. The highest BCUT2D eigenvalue weighted by atomic mass is 79.9. The van der Waals surface area contributed by atoms with E-state index in [1.165, 1.54) is 18.4 Å². The summed E-state index contributed by atoms with van der Waals surface area (Å²) in [5.41, 5.74) is 2.30. The Hall–Kier alpha value is -0.910. The molecule has 1 unspecified atom stereocenters. The summed E-state index contributed by atoms with van der Waals surface area (Å²) >= 11 is 5.28. The van der Waals surface area contributed by atoms with Gasteiger partial charge in [0.1, 0.15) is 10.8 Å². The molecule has 0 radical (unpaired) electrons. The van der Waals surface area contributed by atoms with Crippen LogP contribution in [0.4, 0.5) is 0 Å². The average Bonchev–Trinajstić information content (AvgIpc) is 3.16. The first-order valence-corrected chi connectivity index (χ1v) is 8.36. The third kappa shape index (κ3) is 3.05. The zero-order valence-electron chi connectivity index (χ0n) is 11.5. The van der Waals surface area contributed by atoms with Gasteiger partial charge < -0.3 is 10.1 Å². The first-order chi connectivity index (χ1) is 9.67. The Balaban J connectivity index is 1.93. The Bertz CT molecular complexity index is 610. The molecule has 0 aliphatic heterocycles. The van der Waals surface area contributed by atoms with E-state index in [4.69, 9.17) is 4.74 Å². The molecule has 0 saturated heterocycles. The van der Waals surface area contributed by atoms with Crippen molar-refractivity contribution < 1.29 is 4.74 Å². The number of ether oxygens (including phenoxy) is 1. The van der Waals surface area contributed by atoms with E-state index in [-0.39, 0.29) is 6.04 Å². The predicted octanol–water partition coefficient (Wildman–Crippen LogP) is 4.06. The molecule has 1 aliphatic rings. The van der Waals surface area contributed by atoms with Crippen LogP contribution in [-0.2, 0) is 0 Å². The molecule has 1 atom stereocenters. The molecule has 1 aliphatic carbocycles. The van der Waals surface area contributed by atoms with Crippen molar-refractivity contribution >= 4 is 27.3 Å². The minimum Gasteiger partial charge on any atom is -0.496 e. The van der Waals surface area contributed by atoms with Crippen molar-refractivity contribution in [3.8, 4) is 5.75 Å². The molecule has 1 saturated carbocycles. The highest BCUT2D eigenvalue weighted by Crippen LogP contribution is 2.34. The minimum atomic E-state index is 0.170. The van der Waals surface area contributed by atoms with E-state index < -0.39 is 0 Å². The molecule has 1 heterocycles. The lowest BCUT2D eigenvalue weighted by atomic mass is 10.1. The van der Waals surface area contributed by atoms with E-state index in [2.05, 4.69) is 43.7 Å². The number of nitrogens with one attached hydrogen (secondary N) is 1. The summed E-state index contributed by atoms with van der Waals surface area (Å²) < 4.78 is 6.28. The smallest absolute Gasteiger partial charge is 0.133 e. The van der Waals surface area contributed by atoms with Gasteiger partial charge >= 0.3 is 0 Å². The van der Waals surface area contributed by atoms with Gasteiger partial charge in [-0.1, -0.05) is 6.07 Å². The fourth-order valence-electron chi connectivity index (χ4n) is 2.16. The Kier molecular flexibility index (Phi) is 4.10. The van der Waals surface area contributed by atoms with Gasteiger partial charge in [0, 0.05) is 17.1 Å². The van der Waals surface area contributed by atoms with Crippen LogP contribution in [0.25, 0.3) is 0 Å². The van der Waals surface area contributed by atoms with Crippen molar-refractivity contribution in [1.82, 2.24) is 10.3 Å². The molecule has 2 aromatic rings. The lowest BCUT2D eigenvalue weighted by Crippen LogP contribution is -2.24. The summed E-state index contributed by atoms with van der Waals surface area (Å²) in [6.45, 7) is 2.04. The number of methoxy groups -OCH3 is 1. The van der Waals surface area contributed by atoms with E-state index in [0.29, 0.717) is 6.04 Å². The Morgan fingerprint density at radius 3 is 2.80 bits per heavy atom. The molecule has 106 valence electrons. The SMILES string of the molecule is COc1ccc(C(NC2CC2)c2nc(C)cs2)cc1Br. The molecule has 5 heteroatoms. The molecule has 0 bridgehead atoms. The number of aromatic nitrogens is 1. The second-order valence-corrected chi connectivity index (χ2v) is 6.84. The molecule has 0 amide bonds. The number of thiazole rings is 1. The molecule has 1 aromatic carbocycles. The van der Waals surface area contributed by atoms with Crippen molar-refractivity contribution in [2.75, 3.05) is 7.11 Å². The summed E-state index contributed by atoms with van der Waals surface area (Å²) in [6.07, 6.45) is 2.52. The van der Waals surface area contributed by atoms with Crippen LogP contribution in [-0.4, -0.2) is 18.1 Å². The summed E-state index contributed by atoms with van der Waals surface area (Å²) in [6, 6.07) is 7.03. The van der Waals surface area contributed by atoms with Gasteiger partial charge in [-0.15, -0.1) is 11.3 Å². The number of halogens is 1. The largest absolute Gasteiger partial charge is 0.496 e. The molecule has 0 spiro atoms. The molecular formula is C15H17BrN2OS. The van der Waals surface area contributed by atoms with Crippen molar-refractivity contribution in [2.24, 2.45) is 0 Å². The fourth-order valence-corrected chi connectivity index (χ4v) is 3.60. The van der Waals surface area contributed by atoms with Crippen LogP contribution in [0.2, 0.25) is 0 Å². The maximum atomic E-state index is 5.30. The molecule has 3 nitrogen and oxygen atoms in total. The number of benzene rings is 1. The molecule has 3 rings (SSSR count). The number of aryl methyl sites for hydroxylation is 1. The van der Waals surface area contributed by atoms with Crippen molar-refractivity contribution in [1.29, 1.82) is 0 Å². The first-order valence-electron chi connectivity index (χ1n) is 6.69. The molecule has 1 N–H and O–H groups in total. The third-order valence-corrected chi connectivity index (χ3v) is 5.02. The molecule has 1 aromatic heterocycles. The van der Waals surface area contributed by atoms with Gasteiger partial charge in [-0.2, -0.15) is 0 Å². The van der Waals surface area contributed by atoms with Crippen molar-refractivity contribution in [3.05, 3.63) is 44.3 Å². The van der Waals surface area contributed by atoms with Gasteiger partial charge in [-0.3, -0.25) is 0 Å². The summed E-state index contributed by atoms with van der Waals surface area (Å²) in [7, 11) is 1.68. The topological polar surface area (TPSA) is 34.1 Å². The van der Waals surface area contributed by atoms with Gasteiger partial charge in [0.2, 0.25) is 0 Å². The molecular weight excluding hydrogens is 336 g/mol. The number of hydrogen-bond acceptors (Lipinski definition) is 4. The van der Waals surface area contributed by atoms with Crippen LogP contribution in [0.5, 0.6) is 5.75 Å². The van der Waals surface area contributed by atoms with E-state index in [0.717, 1.165) is 20.9 Å². The lowest BCUT2D eigenvalue weighted by Gasteiger charge is -2.18. The van der Waals surface area contributed by atoms with Crippen LogP contribution in [0, 0.1) is 6.92 Å². The van der Waals surface area contributed by atoms with Crippen LogP contribution in [0.1, 0.15) is 35.1 Å². The quantitative estimate of drug-likeness (QED) is 0.880. The van der Waals surface area contributed by atoms with E-state index in [9.17, 15) is 0 Å². The molecule has 1 fully saturated rings. The van der Waals surface area contributed by atoms with Crippen LogP contribution < -0.4 is 10.1 Å². The summed E-state index contributed by atoms with van der Waals surface area (Å²) in [5.74, 6) is 0.856. The van der Waals surface area contributed by atoms with Crippen molar-refractivity contribution in [2.45, 2.75) is 31.8 Å². The highest BCUT2D eigenvalue weighted by molar-refractivity contribution is 9.10. The molecule has 20 heavy (non-hydrogen) atoms. The maximum absolute atomic E-state index is 5.30. The van der Waals surface area contributed by atoms with Crippen LogP contribution >= 0.6 is 27.3 Å². The third-order valence-electron chi connectivity index (χ3n) is 3.37. The second-order valence-electron chi connectivity index (χ2n) is 5.10. The van der Waals surface area contributed by atoms with E-state index in [1.54, 1.807) is 18.4 Å². The van der Waals surface area contributed by atoms with E-state index >= 15 is 0 Å². The first kappa shape index (κ1) is 14.0. The van der Waals surface area contributed by atoms with Gasteiger partial charge in [0.15, 0.2) is 0 Å². The van der Waals surface area contributed by atoms with Gasteiger partial charge in [-0.05, 0) is 53.4 Å². The Morgan fingerprint density at radius 1 is 1.45 bits per heavy atom. The minimum absolute atomic E-state index is 0.170.